The molecular weight excluding hydrogens is 352 g/mol. The SMILES string of the molecule is CC1=C([C@@H](O)C[C@@]23COC(=O)[C@@H]2CC=CC3=O)C(=O)O[C@@H](c2ccoc2)C1. The number of aliphatic hydroxyl groups is 1. The van der Waals surface area contributed by atoms with Gasteiger partial charge in [0.05, 0.1) is 35.5 Å². The maximum atomic E-state index is 12.6. The van der Waals surface area contributed by atoms with Gasteiger partial charge in [-0.25, -0.2) is 4.79 Å². The third kappa shape index (κ3) is 2.82. The average molecular weight is 372 g/mol. The summed E-state index contributed by atoms with van der Waals surface area (Å²) in [6.45, 7) is 1.69. The van der Waals surface area contributed by atoms with E-state index in [1.54, 1.807) is 19.1 Å². The van der Waals surface area contributed by atoms with Crippen LogP contribution in [0.5, 0.6) is 0 Å². The number of hydrogen-bond donors (Lipinski definition) is 1. The smallest absolute Gasteiger partial charge is 0.337 e. The highest BCUT2D eigenvalue weighted by Crippen LogP contribution is 2.46. The van der Waals surface area contributed by atoms with Crippen LogP contribution in [0.1, 0.15) is 37.9 Å². The van der Waals surface area contributed by atoms with Crippen molar-refractivity contribution in [2.75, 3.05) is 6.61 Å². The van der Waals surface area contributed by atoms with Crippen molar-refractivity contribution in [1.29, 1.82) is 0 Å². The van der Waals surface area contributed by atoms with Crippen molar-refractivity contribution in [3.63, 3.8) is 0 Å². The van der Waals surface area contributed by atoms with E-state index < -0.39 is 35.5 Å². The van der Waals surface area contributed by atoms with E-state index in [0.29, 0.717) is 18.4 Å². The van der Waals surface area contributed by atoms with E-state index in [2.05, 4.69) is 0 Å². The molecule has 0 amide bonds. The Morgan fingerprint density at radius 2 is 2.15 bits per heavy atom. The lowest BCUT2D eigenvalue weighted by Gasteiger charge is -2.35. The van der Waals surface area contributed by atoms with Crippen molar-refractivity contribution in [1.82, 2.24) is 0 Å². The average Bonchev–Trinajstić information content (AvgIpc) is 3.25. The van der Waals surface area contributed by atoms with Gasteiger partial charge in [-0.3, -0.25) is 9.59 Å². The molecule has 0 unspecified atom stereocenters. The number of hydrogen-bond acceptors (Lipinski definition) is 7. The molecule has 7 nitrogen and oxygen atoms in total. The number of ketones is 1. The lowest BCUT2D eigenvalue weighted by molar-refractivity contribution is -0.148. The highest BCUT2D eigenvalue weighted by atomic mass is 16.5. The van der Waals surface area contributed by atoms with Gasteiger partial charge in [0.1, 0.15) is 12.7 Å². The van der Waals surface area contributed by atoms with Crippen molar-refractivity contribution >= 4 is 17.7 Å². The van der Waals surface area contributed by atoms with Gasteiger partial charge in [0, 0.05) is 12.0 Å². The van der Waals surface area contributed by atoms with Gasteiger partial charge in [0.2, 0.25) is 0 Å². The predicted molar refractivity (Wildman–Crippen MR) is 91.1 cm³/mol. The minimum Gasteiger partial charge on any atom is -0.472 e. The highest BCUT2D eigenvalue weighted by molar-refractivity contribution is 6.01. The number of cyclic esters (lactones) is 2. The van der Waals surface area contributed by atoms with Crippen LogP contribution in [-0.4, -0.2) is 35.5 Å². The van der Waals surface area contributed by atoms with E-state index in [1.165, 1.54) is 18.6 Å². The Kier molecular flexibility index (Phi) is 4.26. The second-order valence-corrected chi connectivity index (χ2v) is 7.39. The molecule has 3 aliphatic rings. The zero-order valence-corrected chi connectivity index (χ0v) is 14.8. The molecule has 1 aromatic heterocycles. The number of fused-ring (bicyclic) bond motifs is 1. The third-order valence-corrected chi connectivity index (χ3v) is 5.78. The topological polar surface area (TPSA) is 103 Å². The van der Waals surface area contributed by atoms with Crippen LogP contribution >= 0.6 is 0 Å². The number of carbonyl (C=O) groups excluding carboxylic acids is 3. The fourth-order valence-electron chi connectivity index (χ4n) is 4.28. The molecule has 1 saturated heterocycles. The fraction of sp³-hybridized carbons (Fsp3) is 0.450. The lowest BCUT2D eigenvalue weighted by Crippen LogP contribution is -2.44. The Bertz CT molecular complexity index is 848. The van der Waals surface area contributed by atoms with Crippen LogP contribution in [0, 0.1) is 11.3 Å². The van der Waals surface area contributed by atoms with E-state index in [4.69, 9.17) is 13.9 Å². The minimum atomic E-state index is -1.21. The molecule has 142 valence electrons. The Labute approximate surface area is 155 Å². The Hall–Kier alpha value is -2.67. The largest absolute Gasteiger partial charge is 0.472 e. The lowest BCUT2D eigenvalue weighted by atomic mass is 9.66. The third-order valence-electron chi connectivity index (χ3n) is 5.78. The Morgan fingerprint density at radius 1 is 1.33 bits per heavy atom. The summed E-state index contributed by atoms with van der Waals surface area (Å²) in [5, 5.41) is 10.8. The molecule has 0 radical (unpaired) electrons. The predicted octanol–water partition coefficient (Wildman–Crippen LogP) is 2.02. The maximum absolute atomic E-state index is 12.6. The van der Waals surface area contributed by atoms with E-state index in [0.717, 1.165) is 5.56 Å². The van der Waals surface area contributed by atoms with Crippen LogP contribution in [0.3, 0.4) is 0 Å². The highest BCUT2D eigenvalue weighted by Gasteiger charge is 2.56. The number of rotatable bonds is 4. The zero-order valence-electron chi connectivity index (χ0n) is 14.8. The minimum absolute atomic E-state index is 0.0509. The summed E-state index contributed by atoms with van der Waals surface area (Å²) in [4.78, 5) is 37.1. The van der Waals surface area contributed by atoms with E-state index >= 15 is 0 Å². The number of allylic oxidation sites excluding steroid dienone is 2. The van der Waals surface area contributed by atoms with Crippen molar-refractivity contribution in [3.8, 4) is 0 Å². The summed E-state index contributed by atoms with van der Waals surface area (Å²) < 4.78 is 15.6. The summed E-state index contributed by atoms with van der Waals surface area (Å²) in [5.74, 6) is -1.92. The molecule has 4 rings (SSSR count). The summed E-state index contributed by atoms with van der Waals surface area (Å²) >= 11 is 0. The second-order valence-electron chi connectivity index (χ2n) is 7.39. The van der Waals surface area contributed by atoms with Gasteiger partial charge < -0.3 is 19.0 Å². The summed E-state index contributed by atoms with van der Waals surface area (Å²) in [6.07, 6.45) is 5.20. The van der Waals surface area contributed by atoms with Crippen LogP contribution in [-0.2, 0) is 23.9 Å². The molecule has 4 atom stereocenters. The monoisotopic (exact) mass is 372 g/mol. The molecule has 7 heteroatoms. The maximum Gasteiger partial charge on any atom is 0.337 e. The molecule has 27 heavy (non-hydrogen) atoms. The van der Waals surface area contributed by atoms with Crippen molar-refractivity contribution in [3.05, 3.63) is 47.5 Å². The zero-order chi connectivity index (χ0) is 19.2. The number of carbonyl (C=O) groups is 3. The first kappa shape index (κ1) is 17.7. The Balaban J connectivity index is 1.59. The van der Waals surface area contributed by atoms with Crippen molar-refractivity contribution in [2.45, 2.75) is 38.4 Å². The number of furan rings is 1. The van der Waals surface area contributed by atoms with Gasteiger partial charge in [-0.2, -0.15) is 0 Å². The quantitative estimate of drug-likeness (QED) is 0.807. The molecule has 0 spiro atoms. The molecule has 0 bridgehead atoms. The summed E-state index contributed by atoms with van der Waals surface area (Å²) in [7, 11) is 0. The van der Waals surface area contributed by atoms with Crippen LogP contribution < -0.4 is 0 Å². The van der Waals surface area contributed by atoms with E-state index in [1.807, 2.05) is 0 Å². The first-order valence-electron chi connectivity index (χ1n) is 8.91. The standard InChI is InChI=1S/C20H20O7/c1-11-7-15(12-5-6-25-9-12)27-19(24)17(11)14(21)8-20-10-26-18(23)13(20)3-2-4-16(20)22/h2,4-6,9,13-15,21H,3,7-8,10H2,1H3/t13-,14-,15+,20+/m0/s1. The molecule has 3 heterocycles. The van der Waals surface area contributed by atoms with Gasteiger partial charge >= 0.3 is 11.9 Å². The molecule has 1 aliphatic carbocycles. The number of aliphatic hydroxyl groups excluding tert-OH is 1. The van der Waals surface area contributed by atoms with Gasteiger partial charge in [-0.15, -0.1) is 0 Å². The van der Waals surface area contributed by atoms with Crippen LogP contribution in [0.2, 0.25) is 0 Å². The summed E-state index contributed by atoms with van der Waals surface area (Å²) in [5.41, 5.74) is 0.476. The van der Waals surface area contributed by atoms with Crippen molar-refractivity contribution in [2.24, 2.45) is 11.3 Å². The van der Waals surface area contributed by atoms with Gasteiger partial charge in [0.25, 0.3) is 0 Å². The van der Waals surface area contributed by atoms with Crippen LogP contribution in [0.4, 0.5) is 0 Å². The van der Waals surface area contributed by atoms with Crippen molar-refractivity contribution < 1.29 is 33.4 Å². The fourth-order valence-corrected chi connectivity index (χ4v) is 4.28. The first-order chi connectivity index (χ1) is 12.9. The molecular formula is C20H20O7. The molecule has 0 aromatic carbocycles. The molecule has 1 N–H and O–H groups in total. The molecule has 1 aromatic rings. The van der Waals surface area contributed by atoms with Crippen LogP contribution in [0.25, 0.3) is 0 Å². The van der Waals surface area contributed by atoms with Gasteiger partial charge in [-0.05, 0) is 31.9 Å². The van der Waals surface area contributed by atoms with Gasteiger partial charge in [0.15, 0.2) is 5.78 Å². The molecule has 2 aliphatic heterocycles. The van der Waals surface area contributed by atoms with E-state index in [9.17, 15) is 19.5 Å². The number of esters is 2. The Morgan fingerprint density at radius 3 is 2.85 bits per heavy atom. The first-order valence-corrected chi connectivity index (χ1v) is 8.91. The number of ether oxygens (including phenoxy) is 2. The van der Waals surface area contributed by atoms with Gasteiger partial charge in [-0.1, -0.05) is 11.6 Å². The molecule has 1 fully saturated rings. The van der Waals surface area contributed by atoms with Crippen LogP contribution in [0.15, 0.2) is 46.3 Å². The normalized spacial score (nSPS) is 31.6. The second kappa shape index (κ2) is 6.49. The molecule has 0 saturated carbocycles. The van der Waals surface area contributed by atoms with E-state index in [-0.39, 0.29) is 24.4 Å². The summed E-state index contributed by atoms with van der Waals surface area (Å²) in [6, 6.07) is 1.73.